The third-order valence-corrected chi connectivity index (χ3v) is 5.97. The number of hydrogen-bond acceptors (Lipinski definition) is 7. The monoisotopic (exact) mass is 425 g/mol. The Morgan fingerprint density at radius 1 is 1.10 bits per heavy atom. The van der Waals surface area contributed by atoms with Gasteiger partial charge in [-0.25, -0.2) is 9.97 Å². The number of aryl methyl sites for hydroxylation is 1. The van der Waals surface area contributed by atoms with Crippen molar-refractivity contribution in [3.8, 4) is 11.5 Å². The maximum Gasteiger partial charge on any atom is 0.232 e. The second-order valence-electron chi connectivity index (χ2n) is 6.41. The van der Waals surface area contributed by atoms with Gasteiger partial charge in [0.1, 0.15) is 23.1 Å². The number of fused-ring (bicyclic) bond motifs is 1. The zero-order chi connectivity index (χ0) is 20.2. The zero-order valence-corrected chi connectivity index (χ0v) is 17.6. The SMILES string of the molecule is COc1ccc2nc(NC(=O)Cc3csc(COc4ccc(C)cc4)n3)sc2c1. The predicted molar refractivity (Wildman–Crippen MR) is 116 cm³/mol. The molecule has 0 bridgehead atoms. The Kier molecular flexibility index (Phi) is 5.73. The highest BCUT2D eigenvalue weighted by Crippen LogP contribution is 2.29. The summed E-state index contributed by atoms with van der Waals surface area (Å²) >= 11 is 2.90. The van der Waals surface area contributed by atoms with E-state index in [0.717, 1.165) is 32.4 Å². The number of nitrogens with zero attached hydrogens (tertiary/aromatic N) is 2. The molecule has 2 aromatic heterocycles. The van der Waals surface area contributed by atoms with Gasteiger partial charge in [-0.15, -0.1) is 11.3 Å². The van der Waals surface area contributed by atoms with Crippen molar-refractivity contribution in [1.82, 2.24) is 9.97 Å². The topological polar surface area (TPSA) is 73.3 Å². The van der Waals surface area contributed by atoms with Gasteiger partial charge in [0.05, 0.1) is 29.4 Å². The van der Waals surface area contributed by atoms with Crippen LogP contribution in [0.2, 0.25) is 0 Å². The molecule has 0 radical (unpaired) electrons. The van der Waals surface area contributed by atoms with Crippen LogP contribution in [0.4, 0.5) is 5.13 Å². The molecule has 1 amide bonds. The van der Waals surface area contributed by atoms with Gasteiger partial charge in [-0.2, -0.15) is 0 Å². The van der Waals surface area contributed by atoms with Gasteiger partial charge in [0.25, 0.3) is 0 Å². The molecule has 4 aromatic rings. The number of anilines is 1. The van der Waals surface area contributed by atoms with Crippen LogP contribution in [-0.2, 0) is 17.8 Å². The summed E-state index contributed by atoms with van der Waals surface area (Å²) in [6, 6.07) is 13.5. The first kappa shape index (κ1) is 19.4. The van der Waals surface area contributed by atoms with Crippen molar-refractivity contribution in [3.63, 3.8) is 0 Å². The van der Waals surface area contributed by atoms with Gasteiger partial charge in [-0.05, 0) is 37.3 Å². The van der Waals surface area contributed by atoms with Crippen LogP contribution >= 0.6 is 22.7 Å². The molecule has 1 N–H and O–H groups in total. The lowest BCUT2D eigenvalue weighted by atomic mass is 10.2. The highest BCUT2D eigenvalue weighted by molar-refractivity contribution is 7.22. The van der Waals surface area contributed by atoms with Crippen molar-refractivity contribution < 1.29 is 14.3 Å². The van der Waals surface area contributed by atoms with Crippen LogP contribution in [0, 0.1) is 6.92 Å². The van der Waals surface area contributed by atoms with Crippen LogP contribution in [0.5, 0.6) is 11.5 Å². The summed E-state index contributed by atoms with van der Waals surface area (Å²) in [6.45, 7) is 2.42. The van der Waals surface area contributed by atoms with Crippen molar-refractivity contribution in [1.29, 1.82) is 0 Å². The molecule has 0 saturated carbocycles. The van der Waals surface area contributed by atoms with E-state index in [9.17, 15) is 4.79 Å². The Hall–Kier alpha value is -2.97. The molecule has 0 aliphatic carbocycles. The minimum Gasteiger partial charge on any atom is -0.497 e. The van der Waals surface area contributed by atoms with Crippen LogP contribution in [-0.4, -0.2) is 23.0 Å². The Balaban J connectivity index is 1.33. The molecule has 0 aliphatic heterocycles. The number of hydrogen-bond donors (Lipinski definition) is 1. The largest absolute Gasteiger partial charge is 0.497 e. The van der Waals surface area contributed by atoms with Gasteiger partial charge >= 0.3 is 0 Å². The van der Waals surface area contributed by atoms with Crippen LogP contribution in [0.1, 0.15) is 16.3 Å². The summed E-state index contributed by atoms with van der Waals surface area (Å²) in [5.74, 6) is 1.42. The minimum atomic E-state index is -0.146. The summed E-state index contributed by atoms with van der Waals surface area (Å²) < 4.78 is 11.9. The Morgan fingerprint density at radius 3 is 2.69 bits per heavy atom. The number of benzene rings is 2. The van der Waals surface area contributed by atoms with E-state index in [0.29, 0.717) is 11.7 Å². The van der Waals surface area contributed by atoms with Crippen molar-refractivity contribution >= 4 is 43.9 Å². The average molecular weight is 426 g/mol. The van der Waals surface area contributed by atoms with Crippen molar-refractivity contribution in [3.05, 3.63) is 64.1 Å². The molecule has 0 spiro atoms. The number of rotatable bonds is 7. The molecule has 0 atom stereocenters. The average Bonchev–Trinajstić information content (AvgIpc) is 3.32. The summed E-state index contributed by atoms with van der Waals surface area (Å²) in [4.78, 5) is 21.3. The fourth-order valence-electron chi connectivity index (χ4n) is 2.69. The van der Waals surface area contributed by atoms with E-state index in [2.05, 4.69) is 15.3 Å². The summed E-state index contributed by atoms with van der Waals surface area (Å²) in [5, 5.41) is 6.14. The second-order valence-corrected chi connectivity index (χ2v) is 8.39. The van der Waals surface area contributed by atoms with Crippen LogP contribution in [0.15, 0.2) is 47.8 Å². The highest BCUT2D eigenvalue weighted by Gasteiger charge is 2.12. The van der Waals surface area contributed by atoms with Crippen LogP contribution in [0.25, 0.3) is 10.2 Å². The van der Waals surface area contributed by atoms with E-state index in [4.69, 9.17) is 9.47 Å². The van der Waals surface area contributed by atoms with Gasteiger partial charge in [-0.1, -0.05) is 29.0 Å². The van der Waals surface area contributed by atoms with Gasteiger partial charge < -0.3 is 14.8 Å². The molecule has 0 aliphatic rings. The number of methoxy groups -OCH3 is 1. The maximum atomic E-state index is 12.4. The molecule has 2 aromatic carbocycles. The lowest BCUT2D eigenvalue weighted by Gasteiger charge is -2.03. The first-order chi connectivity index (χ1) is 14.1. The molecular formula is C21H19N3O3S2. The number of carbonyl (C=O) groups is 1. The van der Waals surface area contributed by atoms with Gasteiger partial charge in [0.15, 0.2) is 5.13 Å². The van der Waals surface area contributed by atoms with E-state index in [1.165, 1.54) is 28.2 Å². The predicted octanol–water partition coefficient (Wildman–Crippen LogP) is 4.83. The fourth-order valence-corrected chi connectivity index (χ4v) is 4.30. The highest BCUT2D eigenvalue weighted by atomic mass is 32.1. The quantitative estimate of drug-likeness (QED) is 0.459. The Morgan fingerprint density at radius 2 is 1.90 bits per heavy atom. The molecule has 4 rings (SSSR count). The number of ether oxygens (including phenoxy) is 2. The Bertz CT molecular complexity index is 1140. The molecule has 0 saturated heterocycles. The van der Waals surface area contributed by atoms with E-state index >= 15 is 0 Å². The van der Waals surface area contributed by atoms with E-state index in [1.807, 2.05) is 54.8 Å². The van der Waals surface area contributed by atoms with E-state index < -0.39 is 0 Å². The first-order valence-corrected chi connectivity index (χ1v) is 10.7. The summed E-state index contributed by atoms with van der Waals surface area (Å²) in [7, 11) is 1.62. The van der Waals surface area contributed by atoms with Crippen LogP contribution in [0.3, 0.4) is 0 Å². The normalized spacial score (nSPS) is 10.8. The number of amides is 1. The number of aromatic nitrogens is 2. The van der Waals surface area contributed by atoms with Gasteiger partial charge in [-0.3, -0.25) is 4.79 Å². The van der Waals surface area contributed by atoms with E-state index in [1.54, 1.807) is 7.11 Å². The maximum absolute atomic E-state index is 12.4. The number of thiazole rings is 2. The minimum absolute atomic E-state index is 0.146. The molecule has 0 unspecified atom stereocenters. The van der Waals surface area contributed by atoms with Crippen molar-refractivity contribution in [2.45, 2.75) is 20.0 Å². The first-order valence-electron chi connectivity index (χ1n) is 8.96. The van der Waals surface area contributed by atoms with Crippen LogP contribution < -0.4 is 14.8 Å². The summed E-state index contributed by atoms with van der Waals surface area (Å²) in [6.07, 6.45) is 0.195. The third kappa shape index (κ3) is 4.90. The molecule has 2 heterocycles. The molecule has 148 valence electrons. The molecule has 29 heavy (non-hydrogen) atoms. The standard InChI is InChI=1S/C21H19N3O3S2/c1-13-3-5-15(6-4-13)27-11-20-22-14(12-28-20)9-19(25)24-21-23-17-8-7-16(26-2)10-18(17)29-21/h3-8,10,12H,9,11H2,1-2H3,(H,23,24,25). The lowest BCUT2D eigenvalue weighted by molar-refractivity contribution is -0.115. The van der Waals surface area contributed by atoms with E-state index in [-0.39, 0.29) is 12.3 Å². The number of carbonyl (C=O) groups excluding carboxylic acids is 1. The molecule has 0 fully saturated rings. The lowest BCUT2D eigenvalue weighted by Crippen LogP contribution is -2.14. The fraction of sp³-hybridized carbons (Fsp3) is 0.190. The van der Waals surface area contributed by atoms with Gasteiger partial charge in [0.2, 0.25) is 5.91 Å². The number of nitrogens with one attached hydrogen (secondary N) is 1. The molecule has 8 heteroatoms. The Labute approximate surface area is 176 Å². The molecule has 6 nitrogen and oxygen atoms in total. The second kappa shape index (κ2) is 8.59. The van der Waals surface area contributed by atoms with Crippen molar-refractivity contribution in [2.75, 3.05) is 12.4 Å². The van der Waals surface area contributed by atoms with Crippen molar-refractivity contribution in [2.24, 2.45) is 0 Å². The molecular weight excluding hydrogens is 406 g/mol. The summed E-state index contributed by atoms with van der Waals surface area (Å²) in [5.41, 5.74) is 2.74. The van der Waals surface area contributed by atoms with Gasteiger partial charge in [0, 0.05) is 5.38 Å². The third-order valence-electron chi connectivity index (χ3n) is 4.17. The zero-order valence-electron chi connectivity index (χ0n) is 16.0. The smallest absolute Gasteiger partial charge is 0.232 e.